The van der Waals surface area contributed by atoms with Gasteiger partial charge in [-0.1, -0.05) is 0 Å². The zero-order valence-electron chi connectivity index (χ0n) is 5.47. The molecule has 1 aromatic heterocycles. The van der Waals surface area contributed by atoms with E-state index in [9.17, 15) is 0 Å². The maximum Gasteiger partial charge on any atom is 0.138 e. The number of nitrogens with two attached hydrogens (primary N) is 1. The summed E-state index contributed by atoms with van der Waals surface area (Å²) in [6.07, 6.45) is 1.57. The maximum absolute atomic E-state index is 5.43. The van der Waals surface area contributed by atoms with Crippen LogP contribution in [-0.2, 0) is 0 Å². The fraction of sp³-hybridized carbons (Fsp3) is 0.167. The molecule has 10 heavy (non-hydrogen) atoms. The standard InChI is InChI=1S/C6H7BrN2O/c1-10-4-2-5(7)6(8)9-3-4/h2-3H,1H3,(H2,8,9). The van der Waals surface area contributed by atoms with Crippen molar-refractivity contribution >= 4 is 21.7 Å². The van der Waals surface area contributed by atoms with E-state index in [2.05, 4.69) is 20.9 Å². The Bertz CT molecular complexity index is 239. The Labute approximate surface area is 67.3 Å². The summed E-state index contributed by atoms with van der Waals surface area (Å²) in [6, 6.07) is 1.77. The van der Waals surface area contributed by atoms with Gasteiger partial charge in [-0.15, -0.1) is 0 Å². The van der Waals surface area contributed by atoms with Crippen molar-refractivity contribution < 1.29 is 4.74 Å². The van der Waals surface area contributed by atoms with Crippen molar-refractivity contribution in [1.29, 1.82) is 0 Å². The SMILES string of the molecule is COc1cnc(N)c(Br)c1. The van der Waals surface area contributed by atoms with E-state index in [0.29, 0.717) is 11.6 Å². The van der Waals surface area contributed by atoms with E-state index >= 15 is 0 Å². The number of nitrogen functional groups attached to an aromatic ring is 1. The van der Waals surface area contributed by atoms with Crippen molar-refractivity contribution in [2.45, 2.75) is 0 Å². The van der Waals surface area contributed by atoms with Crippen LogP contribution in [0, 0.1) is 0 Å². The molecule has 1 rings (SSSR count). The highest BCUT2D eigenvalue weighted by Gasteiger charge is 1.97. The third kappa shape index (κ3) is 1.39. The predicted molar refractivity (Wildman–Crippen MR) is 42.9 cm³/mol. The lowest BCUT2D eigenvalue weighted by atomic mass is 10.4. The number of nitrogens with zero attached hydrogens (tertiary/aromatic N) is 1. The van der Waals surface area contributed by atoms with Gasteiger partial charge in [-0.3, -0.25) is 0 Å². The molecule has 0 amide bonds. The van der Waals surface area contributed by atoms with Gasteiger partial charge in [0.25, 0.3) is 0 Å². The van der Waals surface area contributed by atoms with E-state index in [1.807, 2.05) is 0 Å². The number of anilines is 1. The molecule has 4 heteroatoms. The first-order valence-electron chi connectivity index (χ1n) is 2.69. The van der Waals surface area contributed by atoms with Gasteiger partial charge in [0.1, 0.15) is 11.6 Å². The normalized spacial score (nSPS) is 9.40. The summed E-state index contributed by atoms with van der Waals surface area (Å²) in [5.41, 5.74) is 5.43. The number of halogens is 1. The molecule has 0 aliphatic heterocycles. The summed E-state index contributed by atoms with van der Waals surface area (Å²) in [5.74, 6) is 1.17. The van der Waals surface area contributed by atoms with E-state index in [1.54, 1.807) is 19.4 Å². The first-order chi connectivity index (χ1) is 4.74. The number of pyridine rings is 1. The molecule has 0 atom stereocenters. The van der Waals surface area contributed by atoms with Crippen molar-refractivity contribution in [3.63, 3.8) is 0 Å². The number of rotatable bonds is 1. The Morgan fingerprint density at radius 3 is 2.90 bits per heavy atom. The Kier molecular flexibility index (Phi) is 2.11. The van der Waals surface area contributed by atoms with Gasteiger partial charge in [-0.2, -0.15) is 0 Å². The molecular weight excluding hydrogens is 196 g/mol. The van der Waals surface area contributed by atoms with Crippen LogP contribution in [-0.4, -0.2) is 12.1 Å². The molecule has 0 aliphatic rings. The molecule has 54 valence electrons. The lowest BCUT2D eigenvalue weighted by Gasteiger charge is -2.00. The first-order valence-corrected chi connectivity index (χ1v) is 3.48. The molecule has 2 N–H and O–H groups in total. The highest BCUT2D eigenvalue weighted by molar-refractivity contribution is 9.10. The predicted octanol–water partition coefficient (Wildman–Crippen LogP) is 1.43. The summed E-state index contributed by atoms with van der Waals surface area (Å²) in [4.78, 5) is 3.86. The molecule has 0 aromatic carbocycles. The molecular formula is C6H7BrN2O. The van der Waals surface area contributed by atoms with Gasteiger partial charge < -0.3 is 10.5 Å². The molecule has 1 aromatic rings. The second kappa shape index (κ2) is 2.88. The van der Waals surface area contributed by atoms with E-state index in [4.69, 9.17) is 10.5 Å². The molecule has 0 unspecified atom stereocenters. The van der Waals surface area contributed by atoms with Crippen molar-refractivity contribution in [3.8, 4) is 5.75 Å². The van der Waals surface area contributed by atoms with Crippen LogP contribution in [0.4, 0.5) is 5.82 Å². The second-order valence-corrected chi connectivity index (χ2v) is 2.60. The summed E-state index contributed by atoms with van der Waals surface area (Å²) in [5, 5.41) is 0. The Morgan fingerprint density at radius 2 is 2.40 bits per heavy atom. The topological polar surface area (TPSA) is 48.1 Å². The third-order valence-corrected chi connectivity index (χ3v) is 1.72. The molecule has 0 fully saturated rings. The summed E-state index contributed by atoms with van der Waals surface area (Å²) < 4.78 is 5.66. The van der Waals surface area contributed by atoms with Crippen molar-refractivity contribution in [3.05, 3.63) is 16.7 Å². The number of ether oxygens (including phenoxy) is 1. The molecule has 3 nitrogen and oxygen atoms in total. The quantitative estimate of drug-likeness (QED) is 0.750. The average Bonchev–Trinajstić information content (AvgIpc) is 1.95. The van der Waals surface area contributed by atoms with Gasteiger partial charge in [-0.05, 0) is 22.0 Å². The lowest BCUT2D eigenvalue weighted by Crippen LogP contribution is -1.92. The van der Waals surface area contributed by atoms with Crippen LogP contribution in [0.3, 0.4) is 0 Å². The van der Waals surface area contributed by atoms with Gasteiger partial charge in [0.2, 0.25) is 0 Å². The second-order valence-electron chi connectivity index (χ2n) is 1.74. The van der Waals surface area contributed by atoms with E-state index in [-0.39, 0.29) is 0 Å². The van der Waals surface area contributed by atoms with Gasteiger partial charge in [0, 0.05) is 0 Å². The van der Waals surface area contributed by atoms with Crippen molar-refractivity contribution in [2.24, 2.45) is 0 Å². The van der Waals surface area contributed by atoms with Crippen LogP contribution in [0.5, 0.6) is 5.75 Å². The largest absolute Gasteiger partial charge is 0.495 e. The average molecular weight is 203 g/mol. The molecule has 0 saturated heterocycles. The molecule has 0 saturated carbocycles. The minimum absolute atomic E-state index is 0.473. The van der Waals surface area contributed by atoms with Gasteiger partial charge in [-0.25, -0.2) is 4.98 Å². The molecule has 1 heterocycles. The van der Waals surface area contributed by atoms with E-state index in [1.165, 1.54) is 0 Å². The number of aromatic nitrogens is 1. The molecule has 0 radical (unpaired) electrons. The summed E-state index contributed by atoms with van der Waals surface area (Å²) >= 11 is 3.22. The van der Waals surface area contributed by atoms with E-state index in [0.717, 1.165) is 4.47 Å². The lowest BCUT2D eigenvalue weighted by molar-refractivity contribution is 0.412. The fourth-order valence-corrected chi connectivity index (χ4v) is 0.871. The van der Waals surface area contributed by atoms with Crippen LogP contribution < -0.4 is 10.5 Å². The number of hydrogen-bond donors (Lipinski definition) is 1. The van der Waals surface area contributed by atoms with Gasteiger partial charge in [0.15, 0.2) is 0 Å². The highest BCUT2D eigenvalue weighted by Crippen LogP contribution is 2.21. The van der Waals surface area contributed by atoms with Gasteiger partial charge >= 0.3 is 0 Å². The van der Waals surface area contributed by atoms with Crippen molar-refractivity contribution in [2.75, 3.05) is 12.8 Å². The fourth-order valence-electron chi connectivity index (χ4n) is 0.543. The highest BCUT2D eigenvalue weighted by atomic mass is 79.9. The Balaban J connectivity index is 3.04. The summed E-state index contributed by atoms with van der Waals surface area (Å²) in [7, 11) is 1.58. The Hall–Kier alpha value is -0.770. The third-order valence-electron chi connectivity index (χ3n) is 1.08. The monoisotopic (exact) mass is 202 g/mol. The van der Waals surface area contributed by atoms with Crippen molar-refractivity contribution in [1.82, 2.24) is 4.98 Å². The van der Waals surface area contributed by atoms with Gasteiger partial charge in [0.05, 0.1) is 17.8 Å². The number of methoxy groups -OCH3 is 1. The van der Waals surface area contributed by atoms with Crippen LogP contribution in [0.15, 0.2) is 16.7 Å². The number of hydrogen-bond acceptors (Lipinski definition) is 3. The summed E-state index contributed by atoms with van der Waals surface area (Å²) in [6.45, 7) is 0. The molecule has 0 spiro atoms. The minimum Gasteiger partial charge on any atom is -0.495 e. The Morgan fingerprint density at radius 1 is 1.70 bits per heavy atom. The zero-order valence-corrected chi connectivity index (χ0v) is 7.05. The smallest absolute Gasteiger partial charge is 0.138 e. The van der Waals surface area contributed by atoms with Crippen LogP contribution in [0.1, 0.15) is 0 Å². The zero-order chi connectivity index (χ0) is 7.56. The molecule has 0 aliphatic carbocycles. The maximum atomic E-state index is 5.43. The minimum atomic E-state index is 0.473. The van der Waals surface area contributed by atoms with Crippen LogP contribution in [0.2, 0.25) is 0 Å². The van der Waals surface area contributed by atoms with Crippen LogP contribution in [0.25, 0.3) is 0 Å². The van der Waals surface area contributed by atoms with E-state index < -0.39 is 0 Å². The molecule has 0 bridgehead atoms. The van der Waals surface area contributed by atoms with Crippen LogP contribution >= 0.6 is 15.9 Å². The first kappa shape index (κ1) is 7.34.